The fourth-order valence-electron chi connectivity index (χ4n) is 8.00. The van der Waals surface area contributed by atoms with Crippen molar-refractivity contribution >= 4 is 17.6 Å². The van der Waals surface area contributed by atoms with E-state index in [1.165, 1.54) is 37.4 Å². The van der Waals surface area contributed by atoms with Crippen LogP contribution in [0.5, 0.6) is 11.6 Å². The van der Waals surface area contributed by atoms with Crippen LogP contribution in [0.3, 0.4) is 0 Å². The van der Waals surface area contributed by atoms with Gasteiger partial charge < -0.3 is 24.8 Å². The van der Waals surface area contributed by atoms with Gasteiger partial charge >= 0.3 is 0 Å². The molecule has 10 nitrogen and oxygen atoms in total. The van der Waals surface area contributed by atoms with Crippen LogP contribution in [0.25, 0.3) is 0 Å². The van der Waals surface area contributed by atoms with Crippen molar-refractivity contribution in [2.75, 3.05) is 44.2 Å². The van der Waals surface area contributed by atoms with Gasteiger partial charge in [-0.15, -0.1) is 10.2 Å². The third-order valence-electron chi connectivity index (χ3n) is 10.8. The van der Waals surface area contributed by atoms with Crippen molar-refractivity contribution in [1.82, 2.24) is 30.3 Å². The van der Waals surface area contributed by atoms with Crippen molar-refractivity contribution < 1.29 is 18.7 Å². The second-order valence-corrected chi connectivity index (χ2v) is 14.5. The number of nitrogens with zero attached hydrogens (tertiary/aromatic N) is 6. The topological polar surface area (TPSA) is 104 Å². The van der Waals surface area contributed by atoms with Crippen LogP contribution in [0.2, 0.25) is 0 Å². The lowest BCUT2D eigenvalue weighted by Gasteiger charge is -2.54. The summed E-state index contributed by atoms with van der Waals surface area (Å²) in [6.45, 7) is 15.4. The Bertz CT molecular complexity index is 1480. The number of rotatable bonds is 8. The standard InChI is InChI=1S/C35H48FN7O3/c1-6-43(24(4)5)33(45)27-17-26(36)7-8-29(27)46-32-30(37-22-38-40-32)42-20-34(21-42)13-15-41(16-14-34)19-25-9-11-35(12-10-25)18-28(23(2)3)31(44)39-35/h7-8,17,22,24-25H,6,9-16,18-21H2,1-5H3,(H,39,44)/t25-,35-. The van der Waals surface area contributed by atoms with Crippen LogP contribution in [-0.4, -0.2) is 87.6 Å². The summed E-state index contributed by atoms with van der Waals surface area (Å²) < 4.78 is 20.4. The molecule has 11 heteroatoms. The van der Waals surface area contributed by atoms with E-state index in [2.05, 4.69) is 30.3 Å². The van der Waals surface area contributed by atoms with E-state index in [1.54, 1.807) is 4.90 Å². The van der Waals surface area contributed by atoms with Gasteiger partial charge in [-0.3, -0.25) is 9.59 Å². The molecule has 1 aliphatic carbocycles. The number of likely N-dealkylation sites (tertiary alicyclic amines) is 1. The number of halogens is 1. The highest BCUT2D eigenvalue weighted by Crippen LogP contribution is 2.45. The summed E-state index contributed by atoms with van der Waals surface area (Å²) in [6.07, 6.45) is 9.06. The zero-order valence-corrected chi connectivity index (χ0v) is 27.9. The van der Waals surface area contributed by atoms with Crippen molar-refractivity contribution in [3.05, 3.63) is 47.1 Å². The Balaban J connectivity index is 1.03. The van der Waals surface area contributed by atoms with Gasteiger partial charge in [0.05, 0.1) is 5.56 Å². The van der Waals surface area contributed by atoms with E-state index in [-0.39, 0.29) is 46.0 Å². The number of nitrogens with one attached hydrogen (secondary N) is 1. The molecule has 4 aliphatic rings. The molecule has 4 fully saturated rings. The Morgan fingerprint density at radius 1 is 1.15 bits per heavy atom. The molecule has 0 radical (unpaired) electrons. The zero-order valence-electron chi connectivity index (χ0n) is 27.9. The van der Waals surface area contributed by atoms with Crippen LogP contribution < -0.4 is 15.0 Å². The summed E-state index contributed by atoms with van der Waals surface area (Å²) in [5, 5.41) is 11.5. The minimum atomic E-state index is -0.503. The van der Waals surface area contributed by atoms with E-state index in [0.717, 1.165) is 76.0 Å². The highest BCUT2D eigenvalue weighted by molar-refractivity contribution is 5.98. The van der Waals surface area contributed by atoms with Gasteiger partial charge in [0, 0.05) is 55.2 Å². The molecule has 1 saturated carbocycles. The summed E-state index contributed by atoms with van der Waals surface area (Å²) in [5.74, 6) is 1.07. The lowest BCUT2D eigenvalue weighted by molar-refractivity contribution is -0.117. The highest BCUT2D eigenvalue weighted by Gasteiger charge is 2.47. The Kier molecular flexibility index (Phi) is 9.06. The molecule has 3 aliphatic heterocycles. The lowest BCUT2D eigenvalue weighted by atomic mass is 9.71. The maximum Gasteiger partial charge on any atom is 0.282 e. The van der Waals surface area contributed by atoms with Gasteiger partial charge in [0.25, 0.3) is 11.8 Å². The molecule has 4 heterocycles. The quantitative estimate of drug-likeness (QED) is 0.388. The predicted octanol–water partition coefficient (Wildman–Crippen LogP) is 5.36. The van der Waals surface area contributed by atoms with Crippen LogP contribution >= 0.6 is 0 Å². The predicted molar refractivity (Wildman–Crippen MR) is 174 cm³/mol. The first-order chi connectivity index (χ1) is 22.0. The highest BCUT2D eigenvalue weighted by atomic mass is 19.1. The monoisotopic (exact) mass is 633 g/mol. The molecule has 0 unspecified atom stereocenters. The van der Waals surface area contributed by atoms with Gasteiger partial charge in [0.1, 0.15) is 17.9 Å². The summed E-state index contributed by atoms with van der Waals surface area (Å²) in [6, 6.07) is 3.93. The number of hydrogen-bond donors (Lipinski definition) is 1. The first-order valence-electron chi connectivity index (χ1n) is 16.9. The molecule has 0 atom stereocenters. The molecule has 1 N–H and O–H groups in total. The molecule has 0 bridgehead atoms. The van der Waals surface area contributed by atoms with E-state index in [4.69, 9.17) is 4.74 Å². The number of amides is 2. The second-order valence-electron chi connectivity index (χ2n) is 14.5. The van der Waals surface area contributed by atoms with E-state index in [1.807, 2.05) is 34.6 Å². The molecule has 2 spiro atoms. The van der Waals surface area contributed by atoms with E-state index < -0.39 is 5.82 Å². The molecule has 1 aromatic heterocycles. The van der Waals surface area contributed by atoms with E-state index >= 15 is 0 Å². The van der Waals surface area contributed by atoms with Crippen LogP contribution in [0.1, 0.15) is 89.9 Å². The third kappa shape index (κ3) is 6.48. The Labute approximate surface area is 271 Å². The maximum absolute atomic E-state index is 14.3. The Morgan fingerprint density at radius 2 is 1.87 bits per heavy atom. The molecule has 3 saturated heterocycles. The number of allylic oxidation sites excluding steroid dienone is 1. The fourth-order valence-corrected chi connectivity index (χ4v) is 8.00. The zero-order chi connectivity index (χ0) is 32.6. The molecule has 248 valence electrons. The number of carbonyl (C=O) groups is 2. The third-order valence-corrected chi connectivity index (χ3v) is 10.8. The summed E-state index contributed by atoms with van der Waals surface area (Å²) in [4.78, 5) is 36.8. The van der Waals surface area contributed by atoms with Crippen LogP contribution in [0.4, 0.5) is 10.2 Å². The average Bonchev–Trinajstić information content (AvgIpc) is 3.34. The van der Waals surface area contributed by atoms with E-state index in [0.29, 0.717) is 18.3 Å². The number of piperidine rings is 1. The van der Waals surface area contributed by atoms with Gasteiger partial charge in [0.15, 0.2) is 5.82 Å². The molecule has 1 aromatic carbocycles. The average molecular weight is 634 g/mol. The van der Waals surface area contributed by atoms with Crippen LogP contribution in [0.15, 0.2) is 35.7 Å². The number of anilines is 1. The Hall–Kier alpha value is -3.60. The van der Waals surface area contributed by atoms with E-state index in [9.17, 15) is 14.0 Å². The minimum Gasteiger partial charge on any atom is -0.434 e. The van der Waals surface area contributed by atoms with Crippen LogP contribution in [0, 0.1) is 17.2 Å². The van der Waals surface area contributed by atoms with Gasteiger partial charge in [-0.2, -0.15) is 0 Å². The number of benzene rings is 1. The van der Waals surface area contributed by atoms with Crippen molar-refractivity contribution in [2.24, 2.45) is 11.3 Å². The van der Waals surface area contributed by atoms with Crippen molar-refractivity contribution in [3.8, 4) is 11.6 Å². The fraction of sp³-hybridized carbons (Fsp3) is 0.629. The summed E-state index contributed by atoms with van der Waals surface area (Å²) in [7, 11) is 0. The lowest BCUT2D eigenvalue weighted by Crippen LogP contribution is -2.61. The smallest absolute Gasteiger partial charge is 0.282 e. The largest absolute Gasteiger partial charge is 0.434 e. The molecule has 2 aromatic rings. The van der Waals surface area contributed by atoms with Gasteiger partial charge in [-0.1, -0.05) is 5.57 Å². The molecule has 2 amide bonds. The maximum atomic E-state index is 14.3. The summed E-state index contributed by atoms with van der Waals surface area (Å²) in [5.41, 5.74) is 2.51. The van der Waals surface area contributed by atoms with Gasteiger partial charge in [-0.25, -0.2) is 9.37 Å². The van der Waals surface area contributed by atoms with Crippen molar-refractivity contribution in [3.63, 3.8) is 0 Å². The second kappa shape index (κ2) is 12.9. The number of carbonyl (C=O) groups excluding carboxylic acids is 2. The first-order valence-corrected chi connectivity index (χ1v) is 16.9. The molecule has 6 rings (SSSR count). The van der Waals surface area contributed by atoms with Gasteiger partial charge in [-0.05, 0) is 110 Å². The number of hydrogen-bond acceptors (Lipinski definition) is 8. The first kappa shape index (κ1) is 32.3. The number of ether oxygens (including phenoxy) is 1. The minimum absolute atomic E-state index is 0.0162. The normalized spacial score (nSPS) is 24.3. The molecule has 46 heavy (non-hydrogen) atoms. The summed E-state index contributed by atoms with van der Waals surface area (Å²) >= 11 is 0. The van der Waals surface area contributed by atoms with Gasteiger partial charge in [0.2, 0.25) is 5.91 Å². The number of aromatic nitrogens is 3. The van der Waals surface area contributed by atoms with Crippen LogP contribution in [-0.2, 0) is 4.79 Å². The Morgan fingerprint density at radius 3 is 2.50 bits per heavy atom. The SMILES string of the molecule is CCN(C(=O)c1cc(F)ccc1Oc1nncnc1N1CC2(CCN(C[C@H]3CC[C@]4(CC3)CC(=C(C)C)C(=O)N4)CC2)C1)C(C)C. The molecular weight excluding hydrogens is 585 g/mol. The molecular formula is C35H48FN7O3. The van der Waals surface area contributed by atoms with Crippen molar-refractivity contribution in [1.29, 1.82) is 0 Å². The van der Waals surface area contributed by atoms with Crippen molar-refractivity contribution in [2.45, 2.75) is 91.1 Å².